The average molecular weight is 364 g/mol. The number of benzene rings is 2. The van der Waals surface area contributed by atoms with Gasteiger partial charge in [0, 0.05) is 17.1 Å². The molecule has 0 aliphatic rings. The van der Waals surface area contributed by atoms with Crippen molar-refractivity contribution >= 4 is 10.9 Å². The number of nitrogens with one attached hydrogen (secondary N) is 1. The number of para-hydroxylation sites is 1. The normalized spacial score (nSPS) is 10.0. The standard InChI is InChI=1S/C13H17N.C8H10.C5H10/c1-10(2)7-8-11-9-14-13-6-4-3-5-12(11)13;1-2-8-6-4-3-5-7-8;1-4-5(2)3/h3-6,9-10,14H,7-8H2,1-2H3;3-7H,2H2,1H3;2,4H2,1,3H3. The zero-order valence-corrected chi connectivity index (χ0v) is 17.9. The van der Waals surface area contributed by atoms with Gasteiger partial charge in [-0.2, -0.15) is 0 Å². The summed E-state index contributed by atoms with van der Waals surface area (Å²) in [5, 5.41) is 1.38. The first-order valence-corrected chi connectivity index (χ1v) is 10.2. The Bertz CT molecular complexity index is 765. The molecule has 0 aliphatic carbocycles. The van der Waals surface area contributed by atoms with Gasteiger partial charge in [-0.25, -0.2) is 0 Å². The van der Waals surface area contributed by atoms with E-state index in [0.29, 0.717) is 0 Å². The zero-order chi connectivity index (χ0) is 20.1. The SMILES string of the molecule is C=C(C)CC.CC(C)CCc1c[nH]c2ccccc12.CCc1ccccc1. The summed E-state index contributed by atoms with van der Waals surface area (Å²) in [6.45, 7) is 14.5. The van der Waals surface area contributed by atoms with Crippen molar-refractivity contribution in [2.45, 2.75) is 60.3 Å². The van der Waals surface area contributed by atoms with Crippen LogP contribution in [0.5, 0.6) is 0 Å². The van der Waals surface area contributed by atoms with Crippen molar-refractivity contribution in [1.29, 1.82) is 0 Å². The summed E-state index contributed by atoms with van der Waals surface area (Å²) in [6, 6.07) is 19.0. The first-order valence-electron chi connectivity index (χ1n) is 10.2. The summed E-state index contributed by atoms with van der Waals surface area (Å²) < 4.78 is 0. The van der Waals surface area contributed by atoms with Crippen LogP contribution < -0.4 is 0 Å². The summed E-state index contributed by atoms with van der Waals surface area (Å²) in [4.78, 5) is 3.31. The first kappa shape index (κ1) is 22.8. The van der Waals surface area contributed by atoms with Crippen LogP contribution in [-0.2, 0) is 12.8 Å². The zero-order valence-electron chi connectivity index (χ0n) is 17.9. The van der Waals surface area contributed by atoms with Crippen LogP contribution >= 0.6 is 0 Å². The fraction of sp³-hybridized carbons (Fsp3) is 0.385. The second kappa shape index (κ2) is 13.0. The Hall–Kier alpha value is -2.28. The molecule has 3 aromatic rings. The van der Waals surface area contributed by atoms with Crippen molar-refractivity contribution in [2.75, 3.05) is 0 Å². The second-order valence-electron chi connectivity index (χ2n) is 7.44. The lowest BCUT2D eigenvalue weighted by atomic mass is 10.0. The molecule has 1 nitrogen and oxygen atoms in total. The molecule has 0 fully saturated rings. The van der Waals surface area contributed by atoms with Gasteiger partial charge in [-0.05, 0) is 55.7 Å². The lowest BCUT2D eigenvalue weighted by Gasteiger charge is -2.02. The molecule has 0 spiro atoms. The number of aromatic nitrogens is 1. The van der Waals surface area contributed by atoms with Crippen LogP contribution in [0.2, 0.25) is 0 Å². The highest BCUT2D eigenvalue weighted by Gasteiger charge is 2.03. The Labute approximate surface area is 166 Å². The number of allylic oxidation sites excluding steroid dienone is 1. The van der Waals surface area contributed by atoms with Gasteiger partial charge in [0.05, 0.1) is 0 Å². The van der Waals surface area contributed by atoms with Crippen LogP contribution in [0.25, 0.3) is 10.9 Å². The minimum Gasteiger partial charge on any atom is -0.361 e. The van der Waals surface area contributed by atoms with Crippen LogP contribution in [0.3, 0.4) is 0 Å². The quantitative estimate of drug-likeness (QED) is 0.442. The summed E-state index contributed by atoms with van der Waals surface area (Å²) in [5.74, 6) is 0.781. The van der Waals surface area contributed by atoms with E-state index in [1.807, 2.05) is 13.0 Å². The summed E-state index contributed by atoms with van der Waals surface area (Å²) in [6.07, 6.45) is 6.84. The Morgan fingerprint density at radius 3 is 2.07 bits per heavy atom. The van der Waals surface area contributed by atoms with E-state index in [4.69, 9.17) is 0 Å². The minimum atomic E-state index is 0.781. The summed E-state index contributed by atoms with van der Waals surface area (Å²) in [7, 11) is 0. The third-order valence-corrected chi connectivity index (χ3v) is 4.52. The lowest BCUT2D eigenvalue weighted by Crippen LogP contribution is -1.90. The van der Waals surface area contributed by atoms with Crippen LogP contribution in [-0.4, -0.2) is 4.98 Å². The highest BCUT2D eigenvalue weighted by molar-refractivity contribution is 5.82. The molecule has 0 unspecified atom stereocenters. The van der Waals surface area contributed by atoms with Gasteiger partial charge in [0.2, 0.25) is 0 Å². The molecule has 0 aliphatic heterocycles. The number of aryl methyl sites for hydroxylation is 2. The number of fused-ring (bicyclic) bond motifs is 1. The fourth-order valence-corrected chi connectivity index (χ4v) is 2.50. The molecule has 146 valence electrons. The molecular weight excluding hydrogens is 326 g/mol. The third kappa shape index (κ3) is 9.28. The van der Waals surface area contributed by atoms with E-state index in [-0.39, 0.29) is 0 Å². The lowest BCUT2D eigenvalue weighted by molar-refractivity contribution is 0.588. The maximum absolute atomic E-state index is 3.67. The van der Waals surface area contributed by atoms with Gasteiger partial charge in [-0.1, -0.05) is 81.8 Å². The molecule has 1 aromatic heterocycles. The number of rotatable bonds is 5. The van der Waals surface area contributed by atoms with Gasteiger partial charge in [0.25, 0.3) is 0 Å². The van der Waals surface area contributed by atoms with E-state index in [0.717, 1.165) is 18.8 Å². The van der Waals surface area contributed by atoms with Crippen molar-refractivity contribution in [3.63, 3.8) is 0 Å². The third-order valence-electron chi connectivity index (χ3n) is 4.52. The van der Waals surface area contributed by atoms with Crippen molar-refractivity contribution in [3.05, 3.63) is 84.1 Å². The fourth-order valence-electron chi connectivity index (χ4n) is 2.50. The Morgan fingerprint density at radius 2 is 1.56 bits per heavy atom. The van der Waals surface area contributed by atoms with Crippen LogP contribution in [0, 0.1) is 5.92 Å². The van der Waals surface area contributed by atoms with Gasteiger partial charge >= 0.3 is 0 Å². The van der Waals surface area contributed by atoms with Crippen LogP contribution in [0.4, 0.5) is 0 Å². The average Bonchev–Trinajstić information content (AvgIpc) is 3.11. The van der Waals surface area contributed by atoms with Gasteiger partial charge in [-0.3, -0.25) is 0 Å². The Morgan fingerprint density at radius 1 is 0.963 bits per heavy atom. The molecule has 1 heteroatoms. The molecule has 1 heterocycles. The molecule has 0 amide bonds. The largest absolute Gasteiger partial charge is 0.361 e. The Balaban J connectivity index is 0.000000237. The van der Waals surface area contributed by atoms with E-state index in [1.165, 1.54) is 40.4 Å². The highest BCUT2D eigenvalue weighted by atomic mass is 14.7. The smallest absolute Gasteiger partial charge is 0.0456 e. The highest BCUT2D eigenvalue weighted by Crippen LogP contribution is 2.20. The number of hydrogen-bond acceptors (Lipinski definition) is 0. The van der Waals surface area contributed by atoms with Gasteiger partial charge in [0.15, 0.2) is 0 Å². The number of aromatic amines is 1. The first-order chi connectivity index (χ1) is 13.0. The second-order valence-corrected chi connectivity index (χ2v) is 7.44. The topological polar surface area (TPSA) is 15.8 Å². The van der Waals surface area contributed by atoms with Gasteiger partial charge in [-0.15, -0.1) is 6.58 Å². The number of H-pyrrole nitrogens is 1. The van der Waals surface area contributed by atoms with E-state index in [2.05, 4.69) is 94.0 Å². The molecule has 27 heavy (non-hydrogen) atoms. The molecule has 0 saturated heterocycles. The van der Waals surface area contributed by atoms with E-state index >= 15 is 0 Å². The predicted molar refractivity (Wildman–Crippen MR) is 122 cm³/mol. The molecule has 0 saturated carbocycles. The molecular formula is C26H37N. The van der Waals surface area contributed by atoms with Crippen LogP contribution in [0.15, 0.2) is 72.9 Å². The molecule has 0 atom stereocenters. The monoisotopic (exact) mass is 363 g/mol. The van der Waals surface area contributed by atoms with Crippen LogP contribution in [0.1, 0.15) is 58.6 Å². The van der Waals surface area contributed by atoms with Gasteiger partial charge in [0.1, 0.15) is 0 Å². The molecule has 3 rings (SSSR count). The minimum absolute atomic E-state index is 0.781. The maximum Gasteiger partial charge on any atom is 0.0456 e. The van der Waals surface area contributed by atoms with E-state index < -0.39 is 0 Å². The molecule has 2 aromatic carbocycles. The molecule has 0 radical (unpaired) electrons. The number of hydrogen-bond donors (Lipinski definition) is 1. The van der Waals surface area contributed by atoms with E-state index in [9.17, 15) is 0 Å². The summed E-state index contributed by atoms with van der Waals surface area (Å²) >= 11 is 0. The molecule has 1 N–H and O–H groups in total. The van der Waals surface area contributed by atoms with Crippen molar-refractivity contribution < 1.29 is 0 Å². The summed E-state index contributed by atoms with van der Waals surface area (Å²) in [5.41, 5.74) is 5.37. The van der Waals surface area contributed by atoms with E-state index in [1.54, 1.807) is 0 Å². The van der Waals surface area contributed by atoms with Crippen molar-refractivity contribution in [1.82, 2.24) is 4.98 Å². The van der Waals surface area contributed by atoms with Crippen molar-refractivity contribution in [2.24, 2.45) is 5.92 Å². The van der Waals surface area contributed by atoms with Gasteiger partial charge < -0.3 is 4.98 Å². The maximum atomic E-state index is 3.67. The Kier molecular flexibility index (Phi) is 10.9. The predicted octanol–water partition coefficient (Wildman–Crippen LogP) is 7.98. The molecule has 0 bridgehead atoms. The van der Waals surface area contributed by atoms with Crippen molar-refractivity contribution in [3.8, 4) is 0 Å².